The number of sulfonamides is 1. The van der Waals surface area contributed by atoms with Crippen molar-refractivity contribution < 1.29 is 26.7 Å². The number of thiazole rings is 1. The fourth-order valence-electron chi connectivity index (χ4n) is 2.07. The molecule has 0 atom stereocenters. The Hall–Kier alpha value is -2.28. The van der Waals surface area contributed by atoms with Gasteiger partial charge >= 0.3 is 5.97 Å². The number of rotatable bonds is 7. The second-order valence-electron chi connectivity index (χ2n) is 5.24. The van der Waals surface area contributed by atoms with Crippen molar-refractivity contribution in [3.8, 4) is 0 Å². The lowest BCUT2D eigenvalue weighted by Crippen LogP contribution is -2.11. The summed E-state index contributed by atoms with van der Waals surface area (Å²) in [7, 11) is -7.87. The molecule has 0 amide bonds. The Morgan fingerprint density at radius 2 is 1.74 bits per heavy atom. The van der Waals surface area contributed by atoms with Crippen molar-refractivity contribution in [1.82, 2.24) is 4.98 Å². The number of hydrogen-bond donors (Lipinski definition) is 2. The van der Waals surface area contributed by atoms with Gasteiger partial charge in [0, 0.05) is 10.8 Å². The van der Waals surface area contributed by atoms with Gasteiger partial charge in [0.15, 0.2) is 5.13 Å². The molecule has 0 saturated carbocycles. The first-order chi connectivity index (χ1) is 12.7. The number of nitrogens with one attached hydrogen (secondary N) is 1. The van der Waals surface area contributed by atoms with Crippen LogP contribution in [0.25, 0.3) is 0 Å². The van der Waals surface area contributed by atoms with Crippen molar-refractivity contribution in [1.29, 1.82) is 0 Å². The van der Waals surface area contributed by atoms with Gasteiger partial charge < -0.3 is 5.11 Å². The number of hydrogen-bond acceptors (Lipinski definition) is 8. The molecule has 3 rings (SSSR count). The topological polar surface area (TPSA) is 130 Å². The predicted molar refractivity (Wildman–Crippen MR) is 100 cm³/mol. The van der Waals surface area contributed by atoms with Gasteiger partial charge in [0.25, 0.3) is 10.0 Å². The number of carbonyl (C=O) groups is 1. The number of carboxylic acids is 1. The second kappa shape index (κ2) is 7.38. The Morgan fingerprint density at radius 3 is 2.41 bits per heavy atom. The van der Waals surface area contributed by atoms with Crippen molar-refractivity contribution in [2.45, 2.75) is 20.4 Å². The van der Waals surface area contributed by atoms with Gasteiger partial charge in [-0.25, -0.2) is 21.8 Å². The molecule has 142 valence electrons. The molecule has 2 heterocycles. The van der Waals surface area contributed by atoms with Crippen molar-refractivity contribution in [3.05, 3.63) is 52.9 Å². The van der Waals surface area contributed by atoms with Crippen LogP contribution < -0.4 is 4.72 Å². The van der Waals surface area contributed by atoms with E-state index in [0.29, 0.717) is 0 Å². The van der Waals surface area contributed by atoms with Crippen LogP contribution >= 0.6 is 22.7 Å². The van der Waals surface area contributed by atoms with Crippen molar-refractivity contribution in [2.24, 2.45) is 0 Å². The summed E-state index contributed by atoms with van der Waals surface area (Å²) in [5, 5.41) is 11.4. The third-order valence-electron chi connectivity index (χ3n) is 3.29. The highest BCUT2D eigenvalue weighted by Gasteiger charge is 2.24. The van der Waals surface area contributed by atoms with E-state index in [9.17, 15) is 21.6 Å². The van der Waals surface area contributed by atoms with Gasteiger partial charge in [-0.3, -0.25) is 9.52 Å². The zero-order chi connectivity index (χ0) is 19.7. The number of sulfone groups is 1. The lowest BCUT2D eigenvalue weighted by molar-refractivity contribution is -0.136. The fourth-order valence-corrected chi connectivity index (χ4v) is 6.94. The number of aromatic nitrogens is 1. The molecule has 0 unspecified atom stereocenters. The first-order valence-corrected chi connectivity index (χ1v) is 12.0. The summed E-state index contributed by atoms with van der Waals surface area (Å²) in [6, 6.07) is 8.78. The minimum Gasteiger partial charge on any atom is -0.481 e. The fraction of sp³-hybridized carbons (Fsp3) is 0.0667. The van der Waals surface area contributed by atoms with E-state index in [1.165, 1.54) is 22.9 Å². The molecule has 2 N–H and O–H groups in total. The van der Waals surface area contributed by atoms with E-state index in [1.54, 1.807) is 18.2 Å². The molecule has 0 bridgehead atoms. The minimum absolute atomic E-state index is 0.00659. The van der Waals surface area contributed by atoms with Crippen LogP contribution in [0.4, 0.5) is 5.13 Å². The predicted octanol–water partition coefficient (Wildman–Crippen LogP) is 2.47. The Labute approximate surface area is 163 Å². The van der Waals surface area contributed by atoms with Crippen LogP contribution in [0.3, 0.4) is 0 Å². The van der Waals surface area contributed by atoms with Gasteiger partial charge in [-0.15, -0.1) is 22.7 Å². The van der Waals surface area contributed by atoms with Crippen LogP contribution in [0.1, 0.15) is 5.69 Å². The quantitative estimate of drug-likeness (QED) is 0.572. The van der Waals surface area contributed by atoms with E-state index in [-0.39, 0.29) is 31.2 Å². The zero-order valence-electron chi connectivity index (χ0n) is 13.4. The average Bonchev–Trinajstić information content (AvgIpc) is 3.25. The first-order valence-electron chi connectivity index (χ1n) is 7.26. The van der Waals surface area contributed by atoms with Gasteiger partial charge in [0.2, 0.25) is 9.84 Å². The lowest BCUT2D eigenvalue weighted by Gasteiger charge is -2.02. The van der Waals surface area contributed by atoms with Crippen LogP contribution in [-0.2, 0) is 31.1 Å². The maximum atomic E-state index is 12.6. The molecule has 0 aliphatic heterocycles. The van der Waals surface area contributed by atoms with Gasteiger partial charge in [0.05, 0.1) is 21.9 Å². The largest absolute Gasteiger partial charge is 0.481 e. The van der Waals surface area contributed by atoms with E-state index in [1.807, 2.05) is 0 Å². The third-order valence-corrected chi connectivity index (χ3v) is 8.90. The summed E-state index contributed by atoms with van der Waals surface area (Å²) in [4.78, 5) is 14.5. The smallest absolute Gasteiger partial charge is 0.309 e. The summed E-state index contributed by atoms with van der Waals surface area (Å²) in [6.07, 6.45) is -0.323. The SMILES string of the molecule is O=C(O)Cc1csc(NS(=O)(=O)c2cc(S(=O)(=O)c3ccccc3)cs2)n1. The Kier molecular flexibility index (Phi) is 5.33. The van der Waals surface area contributed by atoms with E-state index in [2.05, 4.69) is 9.71 Å². The molecule has 0 fully saturated rings. The molecular formula is C15H12N2O6S4. The number of anilines is 1. The number of nitrogens with zero attached hydrogens (tertiary/aromatic N) is 1. The molecule has 1 aromatic carbocycles. The Balaban J connectivity index is 1.85. The highest BCUT2D eigenvalue weighted by Crippen LogP contribution is 2.30. The molecule has 0 spiro atoms. The van der Waals surface area contributed by atoms with Crippen molar-refractivity contribution in [3.63, 3.8) is 0 Å². The highest BCUT2D eigenvalue weighted by molar-refractivity contribution is 7.95. The summed E-state index contributed by atoms with van der Waals surface area (Å²) in [5.41, 5.74) is 0.226. The van der Waals surface area contributed by atoms with Crippen LogP contribution in [0.5, 0.6) is 0 Å². The minimum atomic E-state index is -4.05. The van der Waals surface area contributed by atoms with Crippen LogP contribution in [0, 0.1) is 0 Å². The number of thiophene rings is 1. The van der Waals surface area contributed by atoms with Crippen LogP contribution in [0.2, 0.25) is 0 Å². The summed E-state index contributed by atoms with van der Waals surface area (Å²) in [5.74, 6) is -1.08. The van der Waals surface area contributed by atoms with E-state index >= 15 is 0 Å². The number of carboxylic acid groups (broad SMARTS) is 1. The molecule has 0 aliphatic rings. The maximum Gasteiger partial charge on any atom is 0.309 e. The van der Waals surface area contributed by atoms with E-state index in [4.69, 9.17) is 5.11 Å². The molecule has 12 heteroatoms. The molecule has 0 radical (unpaired) electrons. The van der Waals surface area contributed by atoms with Gasteiger partial charge in [0.1, 0.15) is 4.21 Å². The second-order valence-corrected chi connectivity index (χ2v) is 10.9. The van der Waals surface area contributed by atoms with Gasteiger partial charge in [-0.2, -0.15) is 0 Å². The van der Waals surface area contributed by atoms with Crippen LogP contribution in [0.15, 0.2) is 61.2 Å². The molecule has 2 aromatic heterocycles. The molecule has 0 aliphatic carbocycles. The lowest BCUT2D eigenvalue weighted by atomic mass is 10.3. The molecule has 0 saturated heterocycles. The van der Waals surface area contributed by atoms with Crippen molar-refractivity contribution >= 4 is 53.6 Å². The van der Waals surface area contributed by atoms with Gasteiger partial charge in [-0.05, 0) is 18.2 Å². The maximum absolute atomic E-state index is 12.6. The third kappa shape index (κ3) is 4.35. The van der Waals surface area contributed by atoms with Gasteiger partial charge in [-0.1, -0.05) is 18.2 Å². The summed E-state index contributed by atoms with van der Waals surface area (Å²) in [6.45, 7) is 0. The molecular weight excluding hydrogens is 432 g/mol. The Morgan fingerprint density at radius 1 is 1.04 bits per heavy atom. The van der Waals surface area contributed by atoms with Crippen LogP contribution in [-0.4, -0.2) is 32.9 Å². The zero-order valence-corrected chi connectivity index (χ0v) is 16.7. The van der Waals surface area contributed by atoms with E-state index < -0.39 is 25.8 Å². The first kappa shape index (κ1) is 19.5. The Bertz CT molecular complexity index is 1180. The molecule has 27 heavy (non-hydrogen) atoms. The monoisotopic (exact) mass is 444 g/mol. The number of aliphatic carboxylic acids is 1. The normalized spacial score (nSPS) is 12.0. The molecule has 8 nitrogen and oxygen atoms in total. The standard InChI is InChI=1S/C15H12N2O6S4/c18-13(19)6-10-8-25-15(16-10)17-27(22,23)14-7-12(9-24-14)26(20,21)11-4-2-1-3-5-11/h1-5,7-9H,6H2,(H,16,17)(H,18,19). The highest BCUT2D eigenvalue weighted by atomic mass is 32.2. The molecule has 3 aromatic rings. The summed E-state index contributed by atoms with van der Waals surface area (Å²) >= 11 is 1.71. The summed E-state index contributed by atoms with van der Waals surface area (Å²) < 4.78 is 52.1. The van der Waals surface area contributed by atoms with E-state index in [0.717, 1.165) is 28.7 Å². The number of benzene rings is 1. The average molecular weight is 445 g/mol. The van der Waals surface area contributed by atoms with Crippen molar-refractivity contribution in [2.75, 3.05) is 4.72 Å².